The molecule has 0 aliphatic carbocycles. The van der Waals surface area contributed by atoms with Crippen LogP contribution in [0, 0.1) is 17.7 Å². The summed E-state index contributed by atoms with van der Waals surface area (Å²) in [6.45, 7) is 0.270. The van der Waals surface area contributed by atoms with E-state index in [9.17, 15) is 9.18 Å². The van der Waals surface area contributed by atoms with Crippen LogP contribution in [0.3, 0.4) is 0 Å². The fourth-order valence-corrected chi connectivity index (χ4v) is 1.81. The minimum absolute atomic E-state index is 0.143. The van der Waals surface area contributed by atoms with Crippen LogP contribution in [0.2, 0.25) is 0 Å². The summed E-state index contributed by atoms with van der Waals surface area (Å²) in [5.41, 5.74) is 1.62. The predicted molar refractivity (Wildman–Crippen MR) is 83.0 cm³/mol. The monoisotopic (exact) mass is 297 g/mol. The molecule has 0 bridgehead atoms. The first-order valence-corrected chi connectivity index (χ1v) is 6.81. The molecule has 3 nitrogen and oxygen atoms in total. The number of amides is 1. The summed E-state index contributed by atoms with van der Waals surface area (Å²) in [6, 6.07) is 13.2. The summed E-state index contributed by atoms with van der Waals surface area (Å²) in [7, 11) is 1.61. The maximum atomic E-state index is 12.8. The number of methoxy groups -OCH3 is 1. The van der Waals surface area contributed by atoms with Gasteiger partial charge < -0.3 is 10.1 Å². The van der Waals surface area contributed by atoms with E-state index < -0.39 is 0 Å². The average molecular weight is 297 g/mol. The molecule has 0 atom stereocenters. The van der Waals surface area contributed by atoms with Crippen molar-refractivity contribution in [3.8, 4) is 17.6 Å². The van der Waals surface area contributed by atoms with Gasteiger partial charge in [0.2, 0.25) is 5.91 Å². The lowest BCUT2D eigenvalue weighted by Crippen LogP contribution is -2.25. The van der Waals surface area contributed by atoms with Crippen LogP contribution in [0.1, 0.15) is 11.1 Å². The normalized spacial score (nSPS) is 9.55. The van der Waals surface area contributed by atoms with E-state index in [1.807, 2.05) is 24.3 Å². The maximum absolute atomic E-state index is 12.8. The van der Waals surface area contributed by atoms with Crippen LogP contribution in [0.25, 0.3) is 0 Å². The van der Waals surface area contributed by atoms with Crippen molar-refractivity contribution in [3.63, 3.8) is 0 Å². The highest BCUT2D eigenvalue weighted by molar-refractivity contribution is 5.78. The van der Waals surface area contributed by atoms with Gasteiger partial charge in [-0.1, -0.05) is 24.0 Å². The number of halogens is 1. The summed E-state index contributed by atoms with van der Waals surface area (Å²) in [4.78, 5) is 11.7. The number of hydrogen-bond donors (Lipinski definition) is 1. The molecule has 0 saturated heterocycles. The Morgan fingerprint density at radius 3 is 2.45 bits per heavy atom. The first-order chi connectivity index (χ1) is 10.7. The maximum Gasteiger partial charge on any atom is 0.225 e. The summed E-state index contributed by atoms with van der Waals surface area (Å²) >= 11 is 0. The highest BCUT2D eigenvalue weighted by atomic mass is 19.1. The van der Waals surface area contributed by atoms with E-state index in [1.54, 1.807) is 19.2 Å². The molecule has 0 saturated carbocycles. The summed E-state index contributed by atoms with van der Waals surface area (Å²) < 4.78 is 17.8. The smallest absolute Gasteiger partial charge is 0.225 e. The summed E-state index contributed by atoms with van der Waals surface area (Å²) in [5, 5.41) is 2.71. The van der Waals surface area contributed by atoms with E-state index in [0.29, 0.717) is 0 Å². The molecule has 0 fully saturated rings. The van der Waals surface area contributed by atoms with Crippen LogP contribution in [0.5, 0.6) is 5.75 Å². The topological polar surface area (TPSA) is 38.3 Å². The van der Waals surface area contributed by atoms with Gasteiger partial charge in [-0.05, 0) is 42.0 Å². The van der Waals surface area contributed by atoms with Crippen LogP contribution < -0.4 is 10.1 Å². The van der Waals surface area contributed by atoms with Crippen molar-refractivity contribution in [2.75, 3.05) is 13.7 Å². The molecule has 1 N–H and O–H groups in total. The first kappa shape index (κ1) is 15.6. The Morgan fingerprint density at radius 1 is 1.14 bits per heavy atom. The Bertz CT molecular complexity index is 682. The Balaban J connectivity index is 1.79. The molecule has 0 aliphatic heterocycles. The summed E-state index contributed by atoms with van der Waals surface area (Å²) in [5.74, 6) is 6.16. The van der Waals surface area contributed by atoms with Gasteiger partial charge in [0.1, 0.15) is 11.6 Å². The molecule has 0 unspecified atom stereocenters. The lowest BCUT2D eigenvalue weighted by molar-refractivity contribution is -0.120. The van der Waals surface area contributed by atoms with E-state index >= 15 is 0 Å². The molecule has 0 spiro atoms. The molecule has 2 rings (SSSR count). The van der Waals surface area contributed by atoms with Gasteiger partial charge in [0.25, 0.3) is 0 Å². The zero-order chi connectivity index (χ0) is 15.8. The second kappa shape index (κ2) is 7.84. The number of carbonyl (C=O) groups excluding carboxylic acids is 1. The highest BCUT2D eigenvalue weighted by Crippen LogP contribution is 2.10. The molecule has 4 heteroatoms. The molecule has 1 amide bonds. The quantitative estimate of drug-likeness (QED) is 0.881. The van der Waals surface area contributed by atoms with Gasteiger partial charge in [0.15, 0.2) is 0 Å². The number of rotatable bonds is 4. The Morgan fingerprint density at radius 2 is 1.82 bits per heavy atom. The minimum Gasteiger partial charge on any atom is -0.497 e. The standard InChI is InChI=1S/C18H16FNO2/c1-22-17-10-6-14(7-11-17)3-2-12-20-18(21)13-15-4-8-16(19)9-5-15/h4-11H,12-13H2,1H3,(H,20,21). The number of nitrogens with one attached hydrogen (secondary N) is 1. The molecule has 2 aromatic carbocycles. The number of carbonyl (C=O) groups is 1. The molecule has 0 heterocycles. The van der Waals surface area contributed by atoms with E-state index in [0.717, 1.165) is 16.9 Å². The predicted octanol–water partition coefficient (Wildman–Crippen LogP) is 2.54. The third-order valence-electron chi connectivity index (χ3n) is 2.97. The van der Waals surface area contributed by atoms with Gasteiger partial charge in [0, 0.05) is 5.56 Å². The van der Waals surface area contributed by atoms with Crippen molar-refractivity contribution in [2.45, 2.75) is 6.42 Å². The molecular formula is C18H16FNO2. The molecule has 0 radical (unpaired) electrons. The van der Waals surface area contributed by atoms with Crippen LogP contribution in [0.4, 0.5) is 4.39 Å². The van der Waals surface area contributed by atoms with Gasteiger partial charge in [0.05, 0.1) is 20.1 Å². The number of benzene rings is 2. The van der Waals surface area contributed by atoms with Gasteiger partial charge in [-0.2, -0.15) is 0 Å². The fourth-order valence-electron chi connectivity index (χ4n) is 1.81. The van der Waals surface area contributed by atoms with Gasteiger partial charge in [-0.15, -0.1) is 0 Å². The van der Waals surface area contributed by atoms with Crippen LogP contribution in [-0.4, -0.2) is 19.6 Å². The van der Waals surface area contributed by atoms with Crippen molar-refractivity contribution in [2.24, 2.45) is 0 Å². The lowest BCUT2D eigenvalue weighted by atomic mass is 10.1. The Kier molecular flexibility index (Phi) is 5.56. The lowest BCUT2D eigenvalue weighted by Gasteiger charge is -2.01. The zero-order valence-corrected chi connectivity index (χ0v) is 12.2. The van der Waals surface area contributed by atoms with Crippen molar-refractivity contribution < 1.29 is 13.9 Å². The van der Waals surface area contributed by atoms with Crippen molar-refractivity contribution in [1.82, 2.24) is 5.32 Å². The molecular weight excluding hydrogens is 281 g/mol. The van der Waals surface area contributed by atoms with Crippen LogP contribution in [0.15, 0.2) is 48.5 Å². The van der Waals surface area contributed by atoms with Crippen molar-refractivity contribution >= 4 is 5.91 Å². The number of ether oxygens (including phenoxy) is 1. The average Bonchev–Trinajstić information content (AvgIpc) is 2.54. The van der Waals surface area contributed by atoms with Gasteiger partial charge in [-0.3, -0.25) is 4.79 Å². The van der Waals surface area contributed by atoms with E-state index in [2.05, 4.69) is 17.2 Å². The van der Waals surface area contributed by atoms with Gasteiger partial charge in [-0.25, -0.2) is 4.39 Å². The summed E-state index contributed by atoms with van der Waals surface area (Å²) in [6.07, 6.45) is 0.213. The molecule has 2 aromatic rings. The van der Waals surface area contributed by atoms with E-state index in [4.69, 9.17) is 4.74 Å². The van der Waals surface area contributed by atoms with Gasteiger partial charge >= 0.3 is 0 Å². The third kappa shape index (κ3) is 4.95. The second-order valence-corrected chi connectivity index (χ2v) is 4.61. The Hall–Kier alpha value is -2.80. The Labute approximate surface area is 129 Å². The molecule has 112 valence electrons. The fraction of sp³-hybridized carbons (Fsp3) is 0.167. The number of hydrogen-bond acceptors (Lipinski definition) is 2. The van der Waals surface area contributed by atoms with E-state index in [1.165, 1.54) is 12.1 Å². The molecule has 0 aromatic heterocycles. The second-order valence-electron chi connectivity index (χ2n) is 4.61. The van der Waals surface area contributed by atoms with Crippen molar-refractivity contribution in [1.29, 1.82) is 0 Å². The first-order valence-electron chi connectivity index (χ1n) is 6.81. The van der Waals surface area contributed by atoms with Crippen LogP contribution in [-0.2, 0) is 11.2 Å². The SMILES string of the molecule is COc1ccc(C#CCNC(=O)Cc2ccc(F)cc2)cc1. The van der Waals surface area contributed by atoms with E-state index in [-0.39, 0.29) is 24.7 Å². The van der Waals surface area contributed by atoms with Crippen molar-refractivity contribution in [3.05, 3.63) is 65.5 Å². The highest BCUT2D eigenvalue weighted by Gasteiger charge is 2.01. The molecule has 22 heavy (non-hydrogen) atoms. The largest absolute Gasteiger partial charge is 0.497 e. The zero-order valence-electron chi connectivity index (χ0n) is 12.2. The molecule has 0 aliphatic rings. The third-order valence-corrected chi connectivity index (χ3v) is 2.97. The van der Waals surface area contributed by atoms with Crippen LogP contribution >= 0.6 is 0 Å². The minimum atomic E-state index is -0.311.